The highest BCUT2D eigenvalue weighted by Crippen LogP contribution is 2.29. The fourth-order valence-electron chi connectivity index (χ4n) is 2.83. The Morgan fingerprint density at radius 1 is 1.36 bits per heavy atom. The highest BCUT2D eigenvalue weighted by Gasteiger charge is 2.28. The molecule has 0 unspecified atom stereocenters. The molecular formula is C16H22N2O4. The van der Waals surface area contributed by atoms with Crippen LogP contribution in [-0.4, -0.2) is 29.5 Å². The number of aromatic amines is 1. The number of esters is 1. The Morgan fingerprint density at radius 2 is 2.14 bits per heavy atom. The molecule has 1 aliphatic rings. The van der Waals surface area contributed by atoms with Crippen LogP contribution in [0.15, 0.2) is 23.1 Å². The Labute approximate surface area is 129 Å². The van der Waals surface area contributed by atoms with Gasteiger partial charge in [-0.05, 0) is 30.4 Å². The van der Waals surface area contributed by atoms with E-state index in [-0.39, 0.29) is 24.1 Å². The summed E-state index contributed by atoms with van der Waals surface area (Å²) in [6, 6.07) is 3.02. The molecule has 0 radical (unpaired) electrons. The average molecular weight is 306 g/mol. The monoisotopic (exact) mass is 306 g/mol. The van der Waals surface area contributed by atoms with Crippen molar-refractivity contribution in [2.75, 3.05) is 6.61 Å². The average Bonchev–Trinajstić information content (AvgIpc) is 2.50. The zero-order valence-corrected chi connectivity index (χ0v) is 12.9. The first-order valence-electron chi connectivity index (χ1n) is 7.63. The van der Waals surface area contributed by atoms with Crippen molar-refractivity contribution in [1.29, 1.82) is 0 Å². The zero-order chi connectivity index (χ0) is 16.1. The Kier molecular flexibility index (Phi) is 5.35. The lowest BCUT2D eigenvalue weighted by molar-refractivity contribution is -0.125. The molecule has 6 heteroatoms. The van der Waals surface area contributed by atoms with Crippen LogP contribution < -0.4 is 10.9 Å². The van der Waals surface area contributed by atoms with Crippen molar-refractivity contribution in [2.24, 2.45) is 11.8 Å². The molecule has 22 heavy (non-hydrogen) atoms. The number of carbonyl (C=O) groups excluding carboxylic acids is 2. The van der Waals surface area contributed by atoms with Gasteiger partial charge in [0.25, 0.3) is 11.5 Å². The molecule has 1 aromatic rings. The largest absolute Gasteiger partial charge is 0.452 e. The molecule has 2 N–H and O–H groups in total. The number of ether oxygens (including phenoxy) is 1. The second-order valence-corrected chi connectivity index (χ2v) is 5.93. The highest BCUT2D eigenvalue weighted by atomic mass is 16.5. The zero-order valence-electron chi connectivity index (χ0n) is 12.9. The molecule has 120 valence electrons. The van der Waals surface area contributed by atoms with E-state index in [9.17, 15) is 14.4 Å². The first-order chi connectivity index (χ1) is 10.5. The lowest BCUT2D eigenvalue weighted by Gasteiger charge is -2.34. The number of aromatic nitrogens is 1. The minimum Gasteiger partial charge on any atom is -0.452 e. The number of carbonyl (C=O) groups is 2. The molecule has 6 nitrogen and oxygen atoms in total. The summed E-state index contributed by atoms with van der Waals surface area (Å²) in [7, 11) is 0. The Hall–Kier alpha value is -2.11. The van der Waals surface area contributed by atoms with Gasteiger partial charge < -0.3 is 15.0 Å². The topological polar surface area (TPSA) is 88.3 Å². The fourth-order valence-corrected chi connectivity index (χ4v) is 2.83. The van der Waals surface area contributed by atoms with E-state index in [0.717, 1.165) is 12.8 Å². The number of rotatable bonds is 4. The van der Waals surface area contributed by atoms with Crippen LogP contribution in [-0.2, 0) is 9.53 Å². The third-order valence-electron chi connectivity index (χ3n) is 4.43. The van der Waals surface area contributed by atoms with Gasteiger partial charge >= 0.3 is 5.97 Å². The predicted molar refractivity (Wildman–Crippen MR) is 81.5 cm³/mol. The molecule has 1 saturated carbocycles. The van der Waals surface area contributed by atoms with Crippen molar-refractivity contribution in [2.45, 2.75) is 39.2 Å². The summed E-state index contributed by atoms with van der Waals surface area (Å²) >= 11 is 0. The lowest BCUT2D eigenvalue weighted by Crippen LogP contribution is -2.45. The number of nitrogens with one attached hydrogen (secondary N) is 2. The number of hydrogen-bond donors (Lipinski definition) is 2. The van der Waals surface area contributed by atoms with Gasteiger partial charge in [0.05, 0.1) is 0 Å². The standard InChI is InChI=1S/C16H22N2O4/c1-10-5-3-7-13(11(10)2)18-14(19)9-22-16(21)12-6-4-8-17-15(12)20/h4,6,8,10-11,13H,3,5,7,9H2,1-2H3,(H,17,20)(H,18,19)/t10-,11+,13-/m0/s1. The van der Waals surface area contributed by atoms with Crippen LogP contribution in [0, 0.1) is 11.8 Å². The van der Waals surface area contributed by atoms with E-state index in [4.69, 9.17) is 4.74 Å². The van der Waals surface area contributed by atoms with Crippen LogP contribution in [0.3, 0.4) is 0 Å². The second kappa shape index (κ2) is 7.24. The number of pyridine rings is 1. The van der Waals surface area contributed by atoms with Crippen LogP contribution in [0.4, 0.5) is 0 Å². The molecule has 1 aliphatic carbocycles. The van der Waals surface area contributed by atoms with E-state index >= 15 is 0 Å². The minimum absolute atomic E-state index is 0.102. The maximum absolute atomic E-state index is 11.9. The van der Waals surface area contributed by atoms with E-state index < -0.39 is 11.5 Å². The van der Waals surface area contributed by atoms with Gasteiger partial charge in [0.2, 0.25) is 0 Å². The van der Waals surface area contributed by atoms with Gasteiger partial charge in [-0.2, -0.15) is 0 Å². The first kappa shape index (κ1) is 16.3. The lowest BCUT2D eigenvalue weighted by atomic mass is 9.78. The summed E-state index contributed by atoms with van der Waals surface area (Å²) in [5, 5.41) is 2.92. The van der Waals surface area contributed by atoms with Crippen molar-refractivity contribution >= 4 is 11.9 Å². The maximum atomic E-state index is 11.9. The van der Waals surface area contributed by atoms with Gasteiger partial charge in [0, 0.05) is 12.2 Å². The predicted octanol–water partition coefficient (Wildman–Crippen LogP) is 1.47. The van der Waals surface area contributed by atoms with Crippen molar-refractivity contribution in [3.05, 3.63) is 34.2 Å². The third kappa shape index (κ3) is 3.96. The molecule has 0 saturated heterocycles. The van der Waals surface area contributed by atoms with Crippen molar-refractivity contribution in [3.8, 4) is 0 Å². The first-order valence-corrected chi connectivity index (χ1v) is 7.63. The summed E-state index contributed by atoms with van der Waals surface area (Å²) in [5.41, 5.74) is -0.627. The van der Waals surface area contributed by atoms with Crippen LogP contribution in [0.25, 0.3) is 0 Å². The highest BCUT2D eigenvalue weighted by molar-refractivity contribution is 5.90. The van der Waals surface area contributed by atoms with Crippen LogP contribution in [0.5, 0.6) is 0 Å². The van der Waals surface area contributed by atoms with E-state index in [0.29, 0.717) is 11.8 Å². The van der Waals surface area contributed by atoms with E-state index in [2.05, 4.69) is 24.1 Å². The van der Waals surface area contributed by atoms with Crippen molar-refractivity contribution < 1.29 is 14.3 Å². The summed E-state index contributed by atoms with van der Waals surface area (Å²) in [4.78, 5) is 37.5. The van der Waals surface area contributed by atoms with Crippen LogP contribution in [0.1, 0.15) is 43.5 Å². The van der Waals surface area contributed by atoms with E-state index in [1.165, 1.54) is 24.8 Å². The number of hydrogen-bond acceptors (Lipinski definition) is 4. The summed E-state index contributed by atoms with van der Waals surface area (Å²) in [5.74, 6) is -0.136. The molecule has 0 spiro atoms. The molecular weight excluding hydrogens is 284 g/mol. The Morgan fingerprint density at radius 3 is 2.86 bits per heavy atom. The molecule has 0 bridgehead atoms. The van der Waals surface area contributed by atoms with Gasteiger partial charge in [0.15, 0.2) is 6.61 Å². The number of amides is 1. The van der Waals surface area contributed by atoms with Crippen LogP contribution >= 0.6 is 0 Å². The maximum Gasteiger partial charge on any atom is 0.344 e. The van der Waals surface area contributed by atoms with Crippen molar-refractivity contribution in [1.82, 2.24) is 10.3 Å². The number of H-pyrrole nitrogens is 1. The van der Waals surface area contributed by atoms with E-state index in [1.54, 1.807) is 0 Å². The minimum atomic E-state index is -0.790. The van der Waals surface area contributed by atoms with Gasteiger partial charge in [-0.15, -0.1) is 0 Å². The molecule has 0 aliphatic heterocycles. The molecule has 1 amide bonds. The molecule has 1 fully saturated rings. The second-order valence-electron chi connectivity index (χ2n) is 5.93. The molecule has 1 heterocycles. The summed E-state index contributed by atoms with van der Waals surface area (Å²) in [6.45, 7) is 3.94. The van der Waals surface area contributed by atoms with Crippen LogP contribution in [0.2, 0.25) is 0 Å². The van der Waals surface area contributed by atoms with E-state index in [1.807, 2.05) is 0 Å². The summed E-state index contributed by atoms with van der Waals surface area (Å²) in [6.07, 6.45) is 4.65. The van der Waals surface area contributed by atoms with Gasteiger partial charge in [-0.25, -0.2) is 4.79 Å². The Bertz CT molecular complexity index is 596. The SMILES string of the molecule is C[C@H]1[C@@H](NC(=O)COC(=O)c2ccc[nH]c2=O)CCC[C@@H]1C. The normalized spacial score (nSPS) is 24.5. The van der Waals surface area contributed by atoms with Gasteiger partial charge in [0.1, 0.15) is 5.56 Å². The van der Waals surface area contributed by atoms with Gasteiger partial charge in [-0.1, -0.05) is 26.7 Å². The third-order valence-corrected chi connectivity index (χ3v) is 4.43. The van der Waals surface area contributed by atoms with Crippen molar-refractivity contribution in [3.63, 3.8) is 0 Å². The van der Waals surface area contributed by atoms with Gasteiger partial charge in [-0.3, -0.25) is 9.59 Å². The quantitative estimate of drug-likeness (QED) is 0.825. The molecule has 3 atom stereocenters. The Balaban J connectivity index is 1.84. The smallest absolute Gasteiger partial charge is 0.344 e. The molecule has 2 rings (SSSR count). The molecule has 0 aromatic carbocycles. The molecule has 1 aromatic heterocycles. The fraction of sp³-hybridized carbons (Fsp3) is 0.562. The summed E-state index contributed by atoms with van der Waals surface area (Å²) < 4.78 is 4.90.